The fourth-order valence-corrected chi connectivity index (χ4v) is 2.11. The van der Waals surface area contributed by atoms with Gasteiger partial charge in [0, 0.05) is 28.2 Å². The Morgan fingerprint density at radius 1 is 1.18 bits per heavy atom. The summed E-state index contributed by atoms with van der Waals surface area (Å²) in [7, 11) is 0. The zero-order valence-corrected chi connectivity index (χ0v) is 12.4. The third-order valence-electron chi connectivity index (χ3n) is 3.32. The number of nitrogen functional groups attached to an aromatic ring is 1. The smallest absolute Gasteiger partial charge is 0.256 e. The Balaban J connectivity index is 2.27. The Morgan fingerprint density at radius 3 is 2.45 bits per heavy atom. The zero-order chi connectivity index (χ0) is 16.4. The fourth-order valence-electron chi connectivity index (χ4n) is 2.11. The van der Waals surface area contributed by atoms with Crippen molar-refractivity contribution in [3.8, 4) is 0 Å². The number of hydrogen-bond acceptors (Lipinski definition) is 5. The summed E-state index contributed by atoms with van der Waals surface area (Å²) in [5, 5.41) is 25.6. The van der Waals surface area contributed by atoms with Gasteiger partial charge in [-0.25, -0.2) is 0 Å². The number of benzene rings is 1. The molecule has 0 spiro atoms. The SMILES string of the molecule is CC(=N)c1cc(NC(=O)C2=CC(=N)C(=N)C=C2C)ccc1N. The van der Waals surface area contributed by atoms with Gasteiger partial charge in [-0.3, -0.25) is 15.6 Å². The number of amides is 1. The van der Waals surface area contributed by atoms with E-state index in [1.165, 1.54) is 12.2 Å². The van der Waals surface area contributed by atoms with Crippen LogP contribution in [-0.2, 0) is 4.79 Å². The molecular formula is C16H17N5O. The summed E-state index contributed by atoms with van der Waals surface area (Å²) in [5.74, 6) is -0.357. The van der Waals surface area contributed by atoms with Gasteiger partial charge in [-0.2, -0.15) is 0 Å². The Hall–Kier alpha value is -3.02. The van der Waals surface area contributed by atoms with Crippen LogP contribution in [0.1, 0.15) is 19.4 Å². The second-order valence-corrected chi connectivity index (χ2v) is 5.09. The van der Waals surface area contributed by atoms with Crippen LogP contribution in [0, 0.1) is 16.2 Å². The van der Waals surface area contributed by atoms with E-state index >= 15 is 0 Å². The quantitative estimate of drug-likeness (QED) is 0.334. The minimum absolute atomic E-state index is 0.00378. The molecular weight excluding hydrogens is 278 g/mol. The highest BCUT2D eigenvalue weighted by atomic mass is 16.1. The molecule has 1 amide bonds. The molecule has 0 heterocycles. The molecule has 22 heavy (non-hydrogen) atoms. The van der Waals surface area contributed by atoms with Crippen LogP contribution in [-0.4, -0.2) is 23.0 Å². The van der Waals surface area contributed by atoms with Crippen molar-refractivity contribution in [1.82, 2.24) is 0 Å². The standard InChI is InChI=1S/C16H17N5O/c1-8-5-14(19)15(20)7-11(8)16(22)21-10-3-4-13(18)12(6-10)9(2)17/h3-7,17,19-20H,18H2,1-2H3,(H,21,22). The third-order valence-corrected chi connectivity index (χ3v) is 3.32. The Kier molecular flexibility index (Phi) is 4.03. The third kappa shape index (κ3) is 3.01. The number of rotatable bonds is 3. The van der Waals surface area contributed by atoms with Crippen LogP contribution in [0.3, 0.4) is 0 Å². The van der Waals surface area contributed by atoms with Crippen molar-refractivity contribution in [2.24, 2.45) is 0 Å². The van der Waals surface area contributed by atoms with Crippen LogP contribution in [0.15, 0.2) is 41.5 Å². The molecule has 0 atom stereocenters. The van der Waals surface area contributed by atoms with Crippen molar-refractivity contribution in [3.05, 3.63) is 47.1 Å². The topological polar surface area (TPSA) is 127 Å². The minimum atomic E-state index is -0.357. The molecule has 0 saturated carbocycles. The van der Waals surface area contributed by atoms with Crippen LogP contribution in [0.5, 0.6) is 0 Å². The largest absolute Gasteiger partial charge is 0.398 e. The molecule has 0 fully saturated rings. The molecule has 6 N–H and O–H groups in total. The van der Waals surface area contributed by atoms with Gasteiger partial charge in [0.05, 0.1) is 11.4 Å². The van der Waals surface area contributed by atoms with E-state index in [-0.39, 0.29) is 17.3 Å². The van der Waals surface area contributed by atoms with E-state index < -0.39 is 0 Å². The van der Waals surface area contributed by atoms with Crippen molar-refractivity contribution in [3.63, 3.8) is 0 Å². The van der Waals surface area contributed by atoms with Gasteiger partial charge in [-0.05, 0) is 49.8 Å². The monoisotopic (exact) mass is 295 g/mol. The lowest BCUT2D eigenvalue weighted by atomic mass is 9.96. The van der Waals surface area contributed by atoms with Crippen LogP contribution in [0.25, 0.3) is 0 Å². The molecule has 0 aromatic heterocycles. The highest BCUT2D eigenvalue weighted by Gasteiger charge is 2.18. The van der Waals surface area contributed by atoms with Gasteiger partial charge in [-0.1, -0.05) is 0 Å². The molecule has 1 aliphatic carbocycles. The summed E-state index contributed by atoms with van der Waals surface area (Å²) in [5.41, 5.74) is 8.77. The Bertz CT molecular complexity index is 771. The summed E-state index contributed by atoms with van der Waals surface area (Å²) in [6.07, 6.45) is 2.88. The number of hydrogen-bond donors (Lipinski definition) is 5. The molecule has 1 aromatic carbocycles. The lowest BCUT2D eigenvalue weighted by Gasteiger charge is -2.15. The highest BCUT2D eigenvalue weighted by molar-refractivity contribution is 6.50. The van der Waals surface area contributed by atoms with Gasteiger partial charge in [0.25, 0.3) is 5.91 Å². The first-order chi connectivity index (χ1) is 10.3. The number of carbonyl (C=O) groups is 1. The zero-order valence-electron chi connectivity index (χ0n) is 12.4. The average Bonchev–Trinajstić information content (AvgIpc) is 2.44. The molecule has 1 aromatic rings. The van der Waals surface area contributed by atoms with E-state index in [9.17, 15) is 4.79 Å². The van der Waals surface area contributed by atoms with E-state index in [2.05, 4.69) is 5.32 Å². The van der Waals surface area contributed by atoms with Gasteiger partial charge < -0.3 is 16.5 Å². The second kappa shape index (κ2) is 5.77. The Morgan fingerprint density at radius 2 is 1.82 bits per heavy atom. The van der Waals surface area contributed by atoms with E-state index in [1.54, 1.807) is 32.0 Å². The van der Waals surface area contributed by atoms with Gasteiger partial charge >= 0.3 is 0 Å². The maximum atomic E-state index is 12.3. The van der Waals surface area contributed by atoms with Crippen molar-refractivity contribution >= 4 is 34.4 Å². The highest BCUT2D eigenvalue weighted by Crippen LogP contribution is 2.21. The molecule has 6 nitrogen and oxygen atoms in total. The molecule has 0 bridgehead atoms. The van der Waals surface area contributed by atoms with Crippen molar-refractivity contribution in [2.45, 2.75) is 13.8 Å². The maximum Gasteiger partial charge on any atom is 0.256 e. The summed E-state index contributed by atoms with van der Waals surface area (Å²) >= 11 is 0. The van der Waals surface area contributed by atoms with Crippen molar-refractivity contribution < 1.29 is 4.79 Å². The summed E-state index contributed by atoms with van der Waals surface area (Å²) in [4.78, 5) is 12.3. The Labute approximate surface area is 128 Å². The van der Waals surface area contributed by atoms with Crippen LogP contribution >= 0.6 is 0 Å². The molecule has 6 heteroatoms. The normalized spacial score (nSPS) is 14.3. The van der Waals surface area contributed by atoms with Crippen molar-refractivity contribution in [1.29, 1.82) is 16.2 Å². The molecule has 112 valence electrons. The number of nitrogens with two attached hydrogens (primary N) is 1. The number of allylic oxidation sites excluding steroid dienone is 2. The predicted octanol–water partition coefficient (Wildman–Crippen LogP) is 2.52. The minimum Gasteiger partial charge on any atom is -0.398 e. The number of carbonyl (C=O) groups excluding carboxylic acids is 1. The van der Waals surface area contributed by atoms with Gasteiger partial charge in [0.2, 0.25) is 0 Å². The molecule has 2 rings (SSSR count). The van der Waals surface area contributed by atoms with E-state index in [1.807, 2.05) is 0 Å². The lowest BCUT2D eigenvalue weighted by molar-refractivity contribution is -0.112. The first-order valence-electron chi connectivity index (χ1n) is 6.64. The molecule has 1 aliphatic rings. The van der Waals surface area contributed by atoms with E-state index in [0.29, 0.717) is 33.8 Å². The molecule has 0 aliphatic heterocycles. The van der Waals surface area contributed by atoms with E-state index in [0.717, 1.165) is 0 Å². The first kappa shape index (κ1) is 15.4. The fraction of sp³-hybridized carbons (Fsp3) is 0.125. The van der Waals surface area contributed by atoms with Crippen LogP contribution in [0.2, 0.25) is 0 Å². The first-order valence-corrected chi connectivity index (χ1v) is 6.64. The number of anilines is 2. The maximum absolute atomic E-state index is 12.3. The molecule has 0 unspecified atom stereocenters. The van der Waals surface area contributed by atoms with E-state index in [4.69, 9.17) is 22.0 Å². The lowest BCUT2D eigenvalue weighted by Crippen LogP contribution is -2.21. The van der Waals surface area contributed by atoms with Crippen LogP contribution < -0.4 is 11.1 Å². The summed E-state index contributed by atoms with van der Waals surface area (Å²) < 4.78 is 0. The summed E-state index contributed by atoms with van der Waals surface area (Å²) in [6, 6.07) is 4.94. The van der Waals surface area contributed by atoms with Gasteiger partial charge in [0.1, 0.15) is 0 Å². The molecule has 0 saturated heterocycles. The van der Waals surface area contributed by atoms with Gasteiger partial charge in [-0.15, -0.1) is 0 Å². The van der Waals surface area contributed by atoms with Crippen LogP contribution in [0.4, 0.5) is 11.4 Å². The van der Waals surface area contributed by atoms with Crippen molar-refractivity contribution in [2.75, 3.05) is 11.1 Å². The van der Waals surface area contributed by atoms with Gasteiger partial charge in [0.15, 0.2) is 0 Å². The predicted molar refractivity (Wildman–Crippen MR) is 89.3 cm³/mol. The second-order valence-electron chi connectivity index (χ2n) is 5.09. The summed E-state index contributed by atoms with van der Waals surface area (Å²) in [6.45, 7) is 3.35. The number of nitrogens with one attached hydrogen (secondary N) is 4. The average molecular weight is 295 g/mol. The molecule has 0 radical (unpaired) electrons.